The smallest absolute Gasteiger partial charge is 0.271 e. The SMILES string of the molecule is Cc1cc(C)n(-c2ccc(Cl)c(C(=O)NCCCc3cn(-c4ccccc4)nc3C)n2)n1. The molecule has 1 amide bonds. The molecule has 164 valence electrons. The molecule has 0 atom stereocenters. The zero-order chi connectivity index (χ0) is 22.7. The number of benzene rings is 1. The van der Waals surface area contributed by atoms with Crippen molar-refractivity contribution in [3.05, 3.63) is 88.1 Å². The van der Waals surface area contributed by atoms with Crippen LogP contribution in [0.5, 0.6) is 0 Å². The number of hydrogen-bond donors (Lipinski definition) is 1. The Morgan fingerprint density at radius 2 is 1.84 bits per heavy atom. The van der Waals surface area contributed by atoms with Crippen LogP contribution in [0.3, 0.4) is 0 Å². The quantitative estimate of drug-likeness (QED) is 0.425. The Hall–Kier alpha value is -3.45. The summed E-state index contributed by atoms with van der Waals surface area (Å²) in [4.78, 5) is 17.2. The molecular formula is C24H25ClN6O. The minimum atomic E-state index is -0.296. The fourth-order valence-electron chi connectivity index (χ4n) is 3.59. The van der Waals surface area contributed by atoms with Crippen molar-refractivity contribution in [3.63, 3.8) is 0 Å². The third-order valence-electron chi connectivity index (χ3n) is 5.20. The van der Waals surface area contributed by atoms with Crippen LogP contribution in [-0.4, -0.2) is 37.0 Å². The maximum atomic E-state index is 12.7. The first-order valence-corrected chi connectivity index (χ1v) is 10.9. The Morgan fingerprint density at radius 1 is 1.06 bits per heavy atom. The van der Waals surface area contributed by atoms with Crippen LogP contribution in [0.2, 0.25) is 5.02 Å². The van der Waals surface area contributed by atoms with Crippen molar-refractivity contribution in [2.45, 2.75) is 33.6 Å². The highest BCUT2D eigenvalue weighted by molar-refractivity contribution is 6.33. The molecular weight excluding hydrogens is 424 g/mol. The van der Waals surface area contributed by atoms with Gasteiger partial charge in [0, 0.05) is 18.4 Å². The van der Waals surface area contributed by atoms with Crippen LogP contribution >= 0.6 is 11.6 Å². The number of carbonyl (C=O) groups is 1. The molecule has 0 aliphatic heterocycles. The lowest BCUT2D eigenvalue weighted by Crippen LogP contribution is -2.26. The Labute approximate surface area is 192 Å². The Kier molecular flexibility index (Phi) is 6.37. The largest absolute Gasteiger partial charge is 0.351 e. The number of hydrogen-bond acceptors (Lipinski definition) is 4. The van der Waals surface area contributed by atoms with Crippen molar-refractivity contribution >= 4 is 17.5 Å². The van der Waals surface area contributed by atoms with E-state index in [9.17, 15) is 4.79 Å². The van der Waals surface area contributed by atoms with Gasteiger partial charge < -0.3 is 5.32 Å². The predicted octanol–water partition coefficient (Wildman–Crippen LogP) is 4.39. The van der Waals surface area contributed by atoms with Gasteiger partial charge in [-0.3, -0.25) is 4.79 Å². The number of halogens is 1. The molecule has 8 heteroatoms. The molecule has 0 saturated carbocycles. The van der Waals surface area contributed by atoms with E-state index in [1.165, 1.54) is 0 Å². The zero-order valence-corrected chi connectivity index (χ0v) is 19.1. The average molecular weight is 449 g/mol. The Morgan fingerprint density at radius 3 is 2.56 bits per heavy atom. The fraction of sp³-hybridized carbons (Fsp3) is 0.250. The van der Waals surface area contributed by atoms with Crippen molar-refractivity contribution in [2.75, 3.05) is 6.54 Å². The summed E-state index contributed by atoms with van der Waals surface area (Å²) in [6.45, 7) is 6.37. The van der Waals surface area contributed by atoms with Crippen LogP contribution in [0.25, 0.3) is 11.5 Å². The summed E-state index contributed by atoms with van der Waals surface area (Å²) in [5, 5.41) is 12.3. The Balaban J connectivity index is 1.37. The van der Waals surface area contributed by atoms with Gasteiger partial charge in [0.15, 0.2) is 5.82 Å². The number of para-hydroxylation sites is 1. The molecule has 0 saturated heterocycles. The van der Waals surface area contributed by atoms with Crippen molar-refractivity contribution in [1.82, 2.24) is 29.9 Å². The first-order valence-electron chi connectivity index (χ1n) is 10.5. The summed E-state index contributed by atoms with van der Waals surface area (Å²) in [6.07, 6.45) is 3.64. The first kappa shape index (κ1) is 21.8. The summed E-state index contributed by atoms with van der Waals surface area (Å²) in [5.74, 6) is 0.268. The van der Waals surface area contributed by atoms with E-state index in [2.05, 4.69) is 20.5 Å². The lowest BCUT2D eigenvalue weighted by Gasteiger charge is -2.09. The van der Waals surface area contributed by atoms with Crippen LogP contribution in [0.4, 0.5) is 0 Å². The number of rotatable bonds is 7. The average Bonchev–Trinajstić information content (AvgIpc) is 3.33. The second-order valence-corrected chi connectivity index (χ2v) is 8.13. The van der Waals surface area contributed by atoms with Gasteiger partial charge in [-0.2, -0.15) is 10.2 Å². The summed E-state index contributed by atoms with van der Waals surface area (Å²) in [6, 6.07) is 15.4. The van der Waals surface area contributed by atoms with E-state index < -0.39 is 0 Å². The van der Waals surface area contributed by atoms with E-state index >= 15 is 0 Å². The normalized spacial score (nSPS) is 11.0. The number of amides is 1. The number of nitrogens with zero attached hydrogens (tertiary/aromatic N) is 5. The van der Waals surface area contributed by atoms with E-state index in [0.717, 1.165) is 41.2 Å². The molecule has 0 unspecified atom stereocenters. The third kappa shape index (κ3) is 4.73. The predicted molar refractivity (Wildman–Crippen MR) is 125 cm³/mol. The molecule has 0 bridgehead atoms. The second-order valence-electron chi connectivity index (χ2n) is 7.72. The summed E-state index contributed by atoms with van der Waals surface area (Å²) >= 11 is 6.25. The van der Waals surface area contributed by atoms with E-state index in [0.29, 0.717) is 17.4 Å². The number of carbonyl (C=O) groups excluding carboxylic acids is 1. The maximum absolute atomic E-state index is 12.7. The van der Waals surface area contributed by atoms with Crippen LogP contribution < -0.4 is 5.32 Å². The molecule has 0 spiro atoms. The number of aryl methyl sites for hydroxylation is 4. The lowest BCUT2D eigenvalue weighted by atomic mass is 10.1. The van der Waals surface area contributed by atoms with Gasteiger partial charge in [0.1, 0.15) is 5.69 Å². The van der Waals surface area contributed by atoms with E-state index in [4.69, 9.17) is 11.6 Å². The highest BCUT2D eigenvalue weighted by Crippen LogP contribution is 2.18. The third-order valence-corrected chi connectivity index (χ3v) is 5.51. The lowest BCUT2D eigenvalue weighted by molar-refractivity contribution is 0.0948. The second kappa shape index (κ2) is 9.36. The monoisotopic (exact) mass is 448 g/mol. The standard InChI is InChI=1S/C24H25ClN6O/c1-16-14-17(2)31(28-16)22-12-11-21(25)23(27-22)24(32)26-13-7-8-19-15-30(29-18(19)3)20-9-5-4-6-10-20/h4-6,9-12,14-15H,7-8,13H2,1-3H3,(H,26,32). The molecule has 7 nitrogen and oxygen atoms in total. The number of aromatic nitrogens is 5. The van der Waals surface area contributed by atoms with Crippen LogP contribution in [0.15, 0.2) is 54.7 Å². The van der Waals surface area contributed by atoms with E-state index in [-0.39, 0.29) is 11.6 Å². The molecule has 4 aromatic rings. The maximum Gasteiger partial charge on any atom is 0.271 e. The van der Waals surface area contributed by atoms with Gasteiger partial charge in [-0.05, 0) is 69.5 Å². The number of nitrogens with one attached hydrogen (secondary N) is 1. The van der Waals surface area contributed by atoms with Gasteiger partial charge >= 0.3 is 0 Å². The minimum Gasteiger partial charge on any atom is -0.351 e. The zero-order valence-electron chi connectivity index (χ0n) is 18.3. The molecule has 0 aliphatic carbocycles. The van der Waals surface area contributed by atoms with Gasteiger partial charge in [-0.25, -0.2) is 14.3 Å². The van der Waals surface area contributed by atoms with Gasteiger partial charge in [-0.1, -0.05) is 29.8 Å². The van der Waals surface area contributed by atoms with E-state index in [1.807, 2.05) is 68.0 Å². The molecule has 4 rings (SSSR count). The first-order chi connectivity index (χ1) is 15.4. The van der Waals surface area contributed by atoms with Gasteiger partial charge in [-0.15, -0.1) is 0 Å². The fourth-order valence-corrected chi connectivity index (χ4v) is 3.78. The van der Waals surface area contributed by atoms with E-state index in [1.54, 1.807) is 16.8 Å². The molecule has 1 aromatic carbocycles. The summed E-state index contributed by atoms with van der Waals surface area (Å²) in [7, 11) is 0. The summed E-state index contributed by atoms with van der Waals surface area (Å²) in [5.41, 5.74) is 5.20. The highest BCUT2D eigenvalue weighted by Gasteiger charge is 2.15. The molecule has 32 heavy (non-hydrogen) atoms. The van der Waals surface area contributed by atoms with Gasteiger partial charge in [0.25, 0.3) is 5.91 Å². The van der Waals surface area contributed by atoms with Gasteiger partial charge in [0.2, 0.25) is 0 Å². The molecule has 1 N–H and O–H groups in total. The topological polar surface area (TPSA) is 77.6 Å². The van der Waals surface area contributed by atoms with Crippen LogP contribution in [0, 0.1) is 20.8 Å². The Bertz CT molecular complexity index is 1240. The molecule has 3 aromatic heterocycles. The van der Waals surface area contributed by atoms with Gasteiger partial charge in [0.05, 0.1) is 22.1 Å². The van der Waals surface area contributed by atoms with Crippen molar-refractivity contribution in [2.24, 2.45) is 0 Å². The minimum absolute atomic E-state index is 0.199. The van der Waals surface area contributed by atoms with Crippen molar-refractivity contribution in [1.29, 1.82) is 0 Å². The summed E-state index contributed by atoms with van der Waals surface area (Å²) < 4.78 is 3.59. The van der Waals surface area contributed by atoms with Crippen LogP contribution in [0.1, 0.15) is 39.6 Å². The highest BCUT2D eigenvalue weighted by atomic mass is 35.5. The molecule has 0 fully saturated rings. The molecule has 0 aliphatic rings. The number of pyridine rings is 1. The molecule has 0 radical (unpaired) electrons. The van der Waals surface area contributed by atoms with Crippen LogP contribution in [-0.2, 0) is 6.42 Å². The van der Waals surface area contributed by atoms with Crippen molar-refractivity contribution < 1.29 is 4.79 Å². The van der Waals surface area contributed by atoms with Crippen molar-refractivity contribution in [3.8, 4) is 11.5 Å². The molecule has 3 heterocycles.